The minimum atomic E-state index is -0.327. The maximum absolute atomic E-state index is 11.7. The molecular formula is C25H41BrO4. The Balaban J connectivity index is 1.56. The zero-order valence-corrected chi connectivity index (χ0v) is 20.7. The molecule has 4 rings (SSSR count). The van der Waals surface area contributed by atoms with Crippen molar-refractivity contribution >= 4 is 21.9 Å². The minimum Gasteiger partial charge on any atom is -0.469 e. The number of ether oxygens (including phenoxy) is 1. The lowest BCUT2D eigenvalue weighted by Crippen LogP contribution is -2.62. The molecule has 172 valence electrons. The number of hydrogen-bond acceptors (Lipinski definition) is 4. The molecule has 0 aromatic heterocycles. The lowest BCUT2D eigenvalue weighted by molar-refractivity contribution is -0.169. The van der Waals surface area contributed by atoms with Crippen molar-refractivity contribution in [1.29, 1.82) is 0 Å². The lowest BCUT2D eigenvalue weighted by Gasteiger charge is -2.63. The summed E-state index contributed by atoms with van der Waals surface area (Å²) in [4.78, 5) is 11.8. The van der Waals surface area contributed by atoms with E-state index in [-0.39, 0.29) is 33.8 Å². The smallest absolute Gasteiger partial charge is 0.305 e. The van der Waals surface area contributed by atoms with Crippen LogP contribution in [0.25, 0.3) is 0 Å². The topological polar surface area (TPSA) is 66.8 Å². The molecule has 4 saturated carbocycles. The molecule has 2 N–H and O–H groups in total. The highest BCUT2D eigenvalue weighted by Gasteiger charge is 2.64. The molecule has 0 amide bonds. The van der Waals surface area contributed by atoms with E-state index in [0.717, 1.165) is 25.7 Å². The van der Waals surface area contributed by atoms with E-state index in [9.17, 15) is 15.0 Å². The average molecular weight is 486 g/mol. The molecule has 0 aromatic rings. The van der Waals surface area contributed by atoms with Crippen molar-refractivity contribution in [3.63, 3.8) is 0 Å². The summed E-state index contributed by atoms with van der Waals surface area (Å²) in [5.74, 6) is 2.84. The highest BCUT2D eigenvalue weighted by atomic mass is 79.9. The van der Waals surface area contributed by atoms with E-state index < -0.39 is 0 Å². The SMILES string of the molecule is COC(=O)CC[C@H](C)C1CCC2C3C(CC[C@@]21C)[C@@]1(C)CC[C@@H](O)C[C@H]1[C@@H](Br)[C@H]3O. The van der Waals surface area contributed by atoms with E-state index in [4.69, 9.17) is 4.74 Å². The van der Waals surface area contributed by atoms with Gasteiger partial charge in [0.1, 0.15) is 0 Å². The van der Waals surface area contributed by atoms with Gasteiger partial charge in [-0.3, -0.25) is 4.79 Å². The fraction of sp³-hybridized carbons (Fsp3) is 0.960. The van der Waals surface area contributed by atoms with Crippen LogP contribution < -0.4 is 0 Å². The Kier molecular flexibility index (Phi) is 6.40. The number of rotatable bonds is 4. The third-order valence-electron chi connectivity index (χ3n) is 10.5. The lowest BCUT2D eigenvalue weighted by atomic mass is 9.43. The Morgan fingerprint density at radius 3 is 2.43 bits per heavy atom. The summed E-state index contributed by atoms with van der Waals surface area (Å²) in [6, 6.07) is 0. The summed E-state index contributed by atoms with van der Waals surface area (Å²) in [6.07, 6.45) is 8.51. The maximum Gasteiger partial charge on any atom is 0.305 e. The minimum absolute atomic E-state index is 0.0804. The van der Waals surface area contributed by atoms with Gasteiger partial charge in [-0.2, -0.15) is 0 Å². The monoisotopic (exact) mass is 484 g/mol. The van der Waals surface area contributed by atoms with Crippen molar-refractivity contribution in [3.05, 3.63) is 0 Å². The average Bonchev–Trinajstić information content (AvgIpc) is 3.08. The molecule has 0 heterocycles. The van der Waals surface area contributed by atoms with Gasteiger partial charge < -0.3 is 14.9 Å². The first-order chi connectivity index (χ1) is 14.1. The largest absolute Gasteiger partial charge is 0.469 e. The van der Waals surface area contributed by atoms with Crippen LogP contribution in [0.1, 0.15) is 78.6 Å². The van der Waals surface area contributed by atoms with Crippen LogP contribution in [0, 0.1) is 46.3 Å². The number of aliphatic hydroxyl groups is 2. The van der Waals surface area contributed by atoms with E-state index in [1.165, 1.54) is 32.8 Å². The third kappa shape index (κ3) is 3.50. The molecule has 4 aliphatic rings. The number of hydrogen-bond donors (Lipinski definition) is 2. The number of carbonyl (C=O) groups is 1. The molecule has 0 bridgehead atoms. The predicted octanol–water partition coefficient (Wildman–Crippen LogP) is 4.94. The first-order valence-corrected chi connectivity index (χ1v) is 13.1. The fourth-order valence-corrected chi connectivity index (χ4v) is 9.98. The summed E-state index contributed by atoms with van der Waals surface area (Å²) >= 11 is 3.92. The number of aliphatic hydroxyl groups excluding tert-OH is 2. The molecule has 4 aliphatic carbocycles. The molecule has 0 aliphatic heterocycles. The van der Waals surface area contributed by atoms with E-state index in [2.05, 4.69) is 36.7 Å². The molecule has 0 spiro atoms. The summed E-state index contributed by atoms with van der Waals surface area (Å²) < 4.78 is 4.87. The van der Waals surface area contributed by atoms with E-state index in [1.807, 2.05) is 0 Å². The van der Waals surface area contributed by atoms with Crippen molar-refractivity contribution < 1.29 is 19.7 Å². The van der Waals surface area contributed by atoms with Gasteiger partial charge in [0.05, 0.1) is 19.3 Å². The number of fused-ring (bicyclic) bond motifs is 5. The second-order valence-electron chi connectivity index (χ2n) is 11.6. The van der Waals surface area contributed by atoms with Gasteiger partial charge in [-0.05, 0) is 97.7 Å². The number of carbonyl (C=O) groups excluding carboxylic acids is 1. The van der Waals surface area contributed by atoms with Crippen LogP contribution in [0.4, 0.5) is 0 Å². The van der Waals surface area contributed by atoms with Gasteiger partial charge in [-0.15, -0.1) is 0 Å². The van der Waals surface area contributed by atoms with Crippen molar-refractivity contribution in [2.75, 3.05) is 7.11 Å². The Labute approximate surface area is 190 Å². The van der Waals surface area contributed by atoms with Gasteiger partial charge in [-0.25, -0.2) is 0 Å². The van der Waals surface area contributed by atoms with Crippen LogP contribution in [0.15, 0.2) is 0 Å². The Bertz CT molecular complexity index is 655. The summed E-state index contributed by atoms with van der Waals surface area (Å²) in [7, 11) is 1.47. The van der Waals surface area contributed by atoms with E-state index in [1.54, 1.807) is 0 Å². The van der Waals surface area contributed by atoms with E-state index in [0.29, 0.717) is 41.9 Å². The van der Waals surface area contributed by atoms with Crippen LogP contribution in [0.2, 0.25) is 0 Å². The zero-order chi connectivity index (χ0) is 21.8. The highest BCUT2D eigenvalue weighted by molar-refractivity contribution is 9.09. The van der Waals surface area contributed by atoms with Gasteiger partial charge in [-0.1, -0.05) is 36.7 Å². The van der Waals surface area contributed by atoms with Crippen molar-refractivity contribution in [3.8, 4) is 0 Å². The van der Waals surface area contributed by atoms with Crippen LogP contribution in [-0.4, -0.2) is 40.3 Å². The van der Waals surface area contributed by atoms with Crippen LogP contribution >= 0.6 is 15.9 Å². The first kappa shape index (κ1) is 23.0. The third-order valence-corrected chi connectivity index (χ3v) is 11.6. The molecule has 30 heavy (non-hydrogen) atoms. The fourth-order valence-electron chi connectivity index (χ4n) is 8.81. The Morgan fingerprint density at radius 2 is 1.73 bits per heavy atom. The van der Waals surface area contributed by atoms with Gasteiger partial charge in [0.15, 0.2) is 0 Å². The maximum atomic E-state index is 11.7. The molecule has 5 heteroatoms. The van der Waals surface area contributed by atoms with Crippen LogP contribution in [-0.2, 0) is 9.53 Å². The molecule has 0 saturated heterocycles. The molecule has 0 aromatic carbocycles. The van der Waals surface area contributed by atoms with Crippen molar-refractivity contribution in [2.24, 2.45) is 46.3 Å². The molecular weight excluding hydrogens is 444 g/mol. The van der Waals surface area contributed by atoms with Gasteiger partial charge in [0, 0.05) is 11.2 Å². The summed E-state index contributed by atoms with van der Waals surface area (Å²) in [5.41, 5.74) is 0.467. The van der Waals surface area contributed by atoms with Crippen molar-refractivity contribution in [2.45, 2.75) is 95.6 Å². The quantitative estimate of drug-likeness (QED) is 0.437. The van der Waals surface area contributed by atoms with Crippen LogP contribution in [0.5, 0.6) is 0 Å². The first-order valence-electron chi connectivity index (χ1n) is 12.2. The molecule has 4 unspecified atom stereocenters. The van der Waals surface area contributed by atoms with Crippen molar-refractivity contribution in [1.82, 2.24) is 0 Å². The van der Waals surface area contributed by atoms with Crippen LogP contribution in [0.3, 0.4) is 0 Å². The summed E-state index contributed by atoms with van der Waals surface area (Å²) in [6.45, 7) is 7.25. The number of halogens is 1. The second-order valence-corrected chi connectivity index (χ2v) is 12.6. The number of alkyl halides is 1. The standard InChI is InChI=1S/C25H41BrO4/c1-14(5-8-20(28)30-4)16-6-7-17-21-18(10-12-24(16,17)2)25(3)11-9-15(27)13-19(25)22(26)23(21)29/h14-19,21-23,27,29H,5-13H2,1-4H3/t14-,15+,16?,17?,18?,19-,21?,22+,23-,24+,25+/m0/s1. The second kappa shape index (κ2) is 8.33. The Hall–Kier alpha value is -0.130. The normalized spacial score (nSPS) is 51.4. The molecule has 11 atom stereocenters. The number of methoxy groups -OCH3 is 1. The number of esters is 1. The van der Waals surface area contributed by atoms with Gasteiger partial charge in [0.25, 0.3) is 0 Å². The predicted molar refractivity (Wildman–Crippen MR) is 121 cm³/mol. The molecule has 4 fully saturated rings. The van der Waals surface area contributed by atoms with E-state index >= 15 is 0 Å². The van der Waals surface area contributed by atoms with Gasteiger partial charge in [0.2, 0.25) is 0 Å². The zero-order valence-electron chi connectivity index (χ0n) is 19.1. The Morgan fingerprint density at radius 1 is 1.07 bits per heavy atom. The summed E-state index contributed by atoms with van der Waals surface area (Å²) in [5, 5.41) is 21.8. The molecule has 0 radical (unpaired) electrons. The highest BCUT2D eigenvalue weighted by Crippen LogP contribution is 2.69. The van der Waals surface area contributed by atoms with Gasteiger partial charge >= 0.3 is 5.97 Å². The molecule has 4 nitrogen and oxygen atoms in total.